The maximum atomic E-state index is 12.2. The molecule has 2 saturated heterocycles. The van der Waals surface area contributed by atoms with Gasteiger partial charge in [-0.05, 0) is 18.4 Å². The number of carbonyl (C=O) groups is 3. The SMILES string of the molecule is O=C(CN1CCN(CC(=O)N2CCCC2)CC1)NC(=O)NCc1ccccc1. The summed E-state index contributed by atoms with van der Waals surface area (Å²) in [5.74, 6) is -0.106. The number of urea groups is 1. The highest BCUT2D eigenvalue weighted by molar-refractivity contribution is 5.95. The van der Waals surface area contributed by atoms with E-state index in [0.29, 0.717) is 26.2 Å². The Bertz CT molecular complexity index is 668. The molecule has 2 fully saturated rings. The number of carbonyl (C=O) groups excluding carboxylic acids is 3. The average molecular weight is 387 g/mol. The molecule has 2 N–H and O–H groups in total. The molecule has 1 aromatic carbocycles. The van der Waals surface area contributed by atoms with Crippen LogP contribution in [0.3, 0.4) is 0 Å². The van der Waals surface area contributed by atoms with Crippen LogP contribution in [0.15, 0.2) is 30.3 Å². The number of rotatable bonds is 6. The largest absolute Gasteiger partial charge is 0.342 e. The number of likely N-dealkylation sites (tertiary alicyclic amines) is 1. The lowest BCUT2D eigenvalue weighted by molar-refractivity contribution is -0.132. The molecule has 3 rings (SSSR count). The summed E-state index contributed by atoms with van der Waals surface area (Å²) < 4.78 is 0. The van der Waals surface area contributed by atoms with E-state index < -0.39 is 6.03 Å². The van der Waals surface area contributed by atoms with Crippen molar-refractivity contribution in [1.29, 1.82) is 0 Å². The predicted molar refractivity (Wildman–Crippen MR) is 106 cm³/mol. The van der Waals surface area contributed by atoms with Crippen molar-refractivity contribution in [3.05, 3.63) is 35.9 Å². The van der Waals surface area contributed by atoms with Crippen molar-refractivity contribution >= 4 is 17.8 Å². The van der Waals surface area contributed by atoms with Gasteiger partial charge in [0.25, 0.3) is 0 Å². The third-order valence-corrected chi connectivity index (χ3v) is 5.20. The third kappa shape index (κ3) is 6.31. The van der Waals surface area contributed by atoms with Gasteiger partial charge in [0.15, 0.2) is 0 Å². The molecule has 8 nitrogen and oxygen atoms in total. The molecule has 28 heavy (non-hydrogen) atoms. The van der Waals surface area contributed by atoms with Gasteiger partial charge in [-0.15, -0.1) is 0 Å². The molecular formula is C20H29N5O3. The van der Waals surface area contributed by atoms with Crippen LogP contribution in [0.4, 0.5) is 4.79 Å². The van der Waals surface area contributed by atoms with E-state index in [9.17, 15) is 14.4 Å². The minimum Gasteiger partial charge on any atom is -0.342 e. The predicted octanol–water partition coefficient (Wildman–Crippen LogP) is 0.252. The molecular weight excluding hydrogens is 358 g/mol. The molecule has 152 valence electrons. The summed E-state index contributed by atoms with van der Waals surface area (Å²) in [5, 5.41) is 5.06. The van der Waals surface area contributed by atoms with Gasteiger partial charge in [0.2, 0.25) is 11.8 Å². The number of hydrogen-bond acceptors (Lipinski definition) is 5. The molecule has 8 heteroatoms. The number of nitrogens with one attached hydrogen (secondary N) is 2. The Morgan fingerprint density at radius 2 is 1.43 bits per heavy atom. The molecule has 2 aliphatic rings. The summed E-state index contributed by atoms with van der Waals surface area (Å²) in [6.45, 7) is 5.73. The van der Waals surface area contributed by atoms with Crippen molar-refractivity contribution in [2.45, 2.75) is 19.4 Å². The van der Waals surface area contributed by atoms with Gasteiger partial charge in [-0.3, -0.25) is 24.7 Å². The van der Waals surface area contributed by atoms with Gasteiger partial charge in [0.05, 0.1) is 13.1 Å². The number of nitrogens with zero attached hydrogens (tertiary/aromatic N) is 3. The molecule has 2 aliphatic heterocycles. The quantitative estimate of drug-likeness (QED) is 0.731. The Balaban J connectivity index is 1.31. The molecule has 1 aromatic rings. The fourth-order valence-corrected chi connectivity index (χ4v) is 3.55. The van der Waals surface area contributed by atoms with E-state index in [1.165, 1.54) is 0 Å². The summed E-state index contributed by atoms with van der Waals surface area (Å²) in [6.07, 6.45) is 2.21. The van der Waals surface area contributed by atoms with Gasteiger partial charge in [-0.1, -0.05) is 30.3 Å². The van der Waals surface area contributed by atoms with E-state index >= 15 is 0 Å². The van der Waals surface area contributed by atoms with Gasteiger partial charge in [-0.25, -0.2) is 4.79 Å². The minimum absolute atomic E-state index is 0.187. The lowest BCUT2D eigenvalue weighted by Crippen LogP contribution is -2.52. The molecule has 0 unspecified atom stereocenters. The fourth-order valence-electron chi connectivity index (χ4n) is 3.55. The second-order valence-electron chi connectivity index (χ2n) is 7.36. The highest BCUT2D eigenvalue weighted by atomic mass is 16.2. The molecule has 0 bridgehead atoms. The third-order valence-electron chi connectivity index (χ3n) is 5.20. The molecule has 2 heterocycles. The van der Waals surface area contributed by atoms with E-state index in [2.05, 4.69) is 15.5 Å². The molecule has 0 aliphatic carbocycles. The lowest BCUT2D eigenvalue weighted by Gasteiger charge is -2.34. The Hall–Kier alpha value is -2.45. The van der Waals surface area contributed by atoms with Crippen LogP contribution in [-0.2, 0) is 16.1 Å². The van der Waals surface area contributed by atoms with Crippen LogP contribution in [0, 0.1) is 0 Å². The topological polar surface area (TPSA) is 85.0 Å². The second-order valence-corrected chi connectivity index (χ2v) is 7.36. The molecule has 0 atom stereocenters. The average Bonchev–Trinajstić information content (AvgIpc) is 3.24. The first-order valence-electron chi connectivity index (χ1n) is 9.94. The lowest BCUT2D eigenvalue weighted by atomic mass is 10.2. The molecule has 0 spiro atoms. The van der Waals surface area contributed by atoms with Gasteiger partial charge in [0, 0.05) is 45.8 Å². The summed E-state index contributed by atoms with van der Waals surface area (Å²) >= 11 is 0. The van der Waals surface area contributed by atoms with Gasteiger partial charge >= 0.3 is 6.03 Å². The maximum Gasteiger partial charge on any atom is 0.321 e. The van der Waals surface area contributed by atoms with Crippen molar-refractivity contribution in [2.75, 3.05) is 52.4 Å². The number of imide groups is 1. The van der Waals surface area contributed by atoms with Crippen LogP contribution in [0.25, 0.3) is 0 Å². The minimum atomic E-state index is -0.483. The normalized spacial score (nSPS) is 18.1. The summed E-state index contributed by atoms with van der Waals surface area (Å²) in [4.78, 5) is 42.2. The zero-order valence-corrected chi connectivity index (χ0v) is 16.2. The standard InChI is InChI=1S/C20H29N5O3/c26-18(22-20(28)21-14-17-6-2-1-3-7-17)15-23-10-12-24(13-11-23)16-19(27)25-8-4-5-9-25/h1-3,6-7H,4-5,8-16H2,(H2,21,22,26,28). The van der Waals surface area contributed by atoms with Crippen LogP contribution in [0.5, 0.6) is 0 Å². The number of hydrogen-bond donors (Lipinski definition) is 2. The van der Waals surface area contributed by atoms with Crippen LogP contribution >= 0.6 is 0 Å². The van der Waals surface area contributed by atoms with Crippen LogP contribution in [0.1, 0.15) is 18.4 Å². The van der Waals surface area contributed by atoms with E-state index in [4.69, 9.17) is 0 Å². The second kappa shape index (κ2) is 10.2. The fraction of sp³-hybridized carbons (Fsp3) is 0.550. The van der Waals surface area contributed by atoms with E-state index in [1.807, 2.05) is 40.1 Å². The molecule has 0 radical (unpaired) electrons. The zero-order chi connectivity index (χ0) is 19.8. The van der Waals surface area contributed by atoms with Crippen molar-refractivity contribution < 1.29 is 14.4 Å². The summed E-state index contributed by atoms with van der Waals surface area (Å²) in [6, 6.07) is 9.06. The monoisotopic (exact) mass is 387 g/mol. The van der Waals surface area contributed by atoms with Crippen molar-refractivity contribution in [3.63, 3.8) is 0 Å². The number of amides is 4. The smallest absolute Gasteiger partial charge is 0.321 e. The number of benzene rings is 1. The first-order valence-corrected chi connectivity index (χ1v) is 9.94. The summed E-state index contributed by atoms with van der Waals surface area (Å²) in [5.41, 5.74) is 0.977. The zero-order valence-electron chi connectivity index (χ0n) is 16.2. The van der Waals surface area contributed by atoms with Crippen LogP contribution in [0.2, 0.25) is 0 Å². The van der Waals surface area contributed by atoms with Crippen molar-refractivity contribution in [3.8, 4) is 0 Å². The van der Waals surface area contributed by atoms with E-state index in [0.717, 1.165) is 44.6 Å². The molecule has 0 aromatic heterocycles. The van der Waals surface area contributed by atoms with Gasteiger partial charge < -0.3 is 10.2 Å². The Labute approximate surface area is 165 Å². The van der Waals surface area contributed by atoms with Crippen LogP contribution < -0.4 is 10.6 Å². The maximum absolute atomic E-state index is 12.2. The Morgan fingerprint density at radius 3 is 2.07 bits per heavy atom. The Kier molecular flexibility index (Phi) is 7.39. The first kappa shape index (κ1) is 20.3. The molecule has 4 amide bonds. The van der Waals surface area contributed by atoms with E-state index in [-0.39, 0.29) is 18.4 Å². The van der Waals surface area contributed by atoms with Crippen molar-refractivity contribution in [2.24, 2.45) is 0 Å². The van der Waals surface area contributed by atoms with Crippen LogP contribution in [-0.4, -0.2) is 84.9 Å². The first-order chi connectivity index (χ1) is 13.6. The van der Waals surface area contributed by atoms with Gasteiger partial charge in [-0.2, -0.15) is 0 Å². The number of piperazine rings is 1. The highest BCUT2D eigenvalue weighted by Gasteiger charge is 2.24. The highest BCUT2D eigenvalue weighted by Crippen LogP contribution is 2.09. The summed E-state index contributed by atoms with van der Waals surface area (Å²) in [7, 11) is 0. The Morgan fingerprint density at radius 1 is 0.821 bits per heavy atom. The van der Waals surface area contributed by atoms with Gasteiger partial charge in [0.1, 0.15) is 0 Å². The van der Waals surface area contributed by atoms with Crippen molar-refractivity contribution in [1.82, 2.24) is 25.3 Å². The van der Waals surface area contributed by atoms with E-state index in [1.54, 1.807) is 0 Å². The molecule has 0 saturated carbocycles.